The number of hydrogen-bond acceptors (Lipinski definition) is 3. The van der Waals surface area contributed by atoms with Crippen LogP contribution in [0.1, 0.15) is 47.7 Å². The first-order valence-corrected chi connectivity index (χ1v) is 7.61. The molecule has 0 radical (unpaired) electrons. The fourth-order valence-corrected chi connectivity index (χ4v) is 2.68. The fraction of sp³-hybridized carbons (Fsp3) is 0.588. The summed E-state index contributed by atoms with van der Waals surface area (Å²) < 4.78 is 5.63. The van der Waals surface area contributed by atoms with Crippen LogP contribution in [-0.4, -0.2) is 36.9 Å². The van der Waals surface area contributed by atoms with E-state index in [1.807, 2.05) is 26.0 Å². The molecule has 0 unspecified atom stereocenters. The molecule has 0 aliphatic carbocycles. The van der Waals surface area contributed by atoms with E-state index in [1.54, 1.807) is 0 Å². The molecule has 0 bridgehead atoms. The molecular formula is C17H25NO2. The number of ketones is 1. The van der Waals surface area contributed by atoms with Gasteiger partial charge in [-0.3, -0.25) is 4.79 Å². The highest BCUT2D eigenvalue weighted by atomic mass is 16.5. The predicted octanol–water partition coefficient (Wildman–Crippen LogP) is 3.37. The number of aryl methyl sites for hydroxylation is 2. The largest absolute Gasteiger partial charge is 0.493 e. The van der Waals surface area contributed by atoms with Gasteiger partial charge >= 0.3 is 0 Å². The third-order valence-electron chi connectivity index (χ3n) is 4.05. The third kappa shape index (κ3) is 3.60. The molecule has 0 spiro atoms. The van der Waals surface area contributed by atoms with E-state index in [1.165, 1.54) is 18.4 Å². The number of Topliss-reactive ketones (excluding diaryl/α,β-unsaturated/α-hetero) is 1. The van der Waals surface area contributed by atoms with Crippen LogP contribution in [0.3, 0.4) is 0 Å². The molecule has 1 aliphatic rings. The average molecular weight is 275 g/mol. The Kier molecular flexibility index (Phi) is 5.18. The highest BCUT2D eigenvalue weighted by Gasteiger charge is 2.17. The van der Waals surface area contributed by atoms with Gasteiger partial charge in [0.25, 0.3) is 0 Å². The summed E-state index contributed by atoms with van der Waals surface area (Å²) in [5.74, 6) is 0.936. The molecule has 1 aliphatic heterocycles. The molecule has 3 nitrogen and oxygen atoms in total. The summed E-state index contributed by atoms with van der Waals surface area (Å²) in [7, 11) is 0. The Hall–Kier alpha value is -1.35. The molecule has 1 aromatic carbocycles. The van der Waals surface area contributed by atoms with Gasteiger partial charge in [-0.05, 0) is 70.0 Å². The first-order valence-electron chi connectivity index (χ1n) is 7.61. The van der Waals surface area contributed by atoms with Crippen molar-refractivity contribution in [3.8, 4) is 5.75 Å². The van der Waals surface area contributed by atoms with Gasteiger partial charge in [-0.2, -0.15) is 0 Å². The fourth-order valence-electron chi connectivity index (χ4n) is 2.68. The summed E-state index contributed by atoms with van der Waals surface area (Å²) in [6, 6.07) is 3.97. The number of carbonyl (C=O) groups is 1. The highest BCUT2D eigenvalue weighted by molar-refractivity contribution is 5.99. The van der Waals surface area contributed by atoms with Gasteiger partial charge in [0.05, 0.1) is 12.2 Å². The molecule has 0 amide bonds. The number of benzene rings is 1. The quantitative estimate of drug-likeness (QED) is 0.745. The lowest BCUT2D eigenvalue weighted by atomic mass is 10.0. The first kappa shape index (κ1) is 15.0. The second kappa shape index (κ2) is 6.89. The van der Waals surface area contributed by atoms with E-state index in [2.05, 4.69) is 11.8 Å². The highest BCUT2D eigenvalue weighted by Crippen LogP contribution is 2.25. The number of rotatable bonds is 6. The lowest BCUT2D eigenvalue weighted by molar-refractivity contribution is 0.0965. The van der Waals surface area contributed by atoms with Crippen molar-refractivity contribution in [1.29, 1.82) is 0 Å². The van der Waals surface area contributed by atoms with Crippen molar-refractivity contribution in [2.45, 2.75) is 40.0 Å². The van der Waals surface area contributed by atoms with E-state index in [0.717, 1.165) is 36.5 Å². The van der Waals surface area contributed by atoms with E-state index in [9.17, 15) is 4.79 Å². The minimum Gasteiger partial charge on any atom is -0.493 e. The van der Waals surface area contributed by atoms with Crippen molar-refractivity contribution in [2.75, 3.05) is 26.2 Å². The predicted molar refractivity (Wildman–Crippen MR) is 81.7 cm³/mol. The number of carbonyl (C=O) groups excluding carboxylic acids is 1. The van der Waals surface area contributed by atoms with Gasteiger partial charge in [-0.1, -0.05) is 0 Å². The molecule has 0 N–H and O–H groups in total. The van der Waals surface area contributed by atoms with Crippen LogP contribution in [0.5, 0.6) is 5.75 Å². The monoisotopic (exact) mass is 275 g/mol. The van der Waals surface area contributed by atoms with Gasteiger partial charge in [0.2, 0.25) is 0 Å². The Balaban J connectivity index is 2.08. The molecular weight excluding hydrogens is 250 g/mol. The van der Waals surface area contributed by atoms with Gasteiger partial charge in [-0.25, -0.2) is 0 Å². The van der Waals surface area contributed by atoms with Crippen molar-refractivity contribution in [2.24, 2.45) is 0 Å². The molecule has 0 saturated carbocycles. The maximum absolute atomic E-state index is 12.5. The molecule has 110 valence electrons. The van der Waals surface area contributed by atoms with Crippen LogP contribution in [0.15, 0.2) is 12.1 Å². The van der Waals surface area contributed by atoms with Gasteiger partial charge in [0.1, 0.15) is 5.75 Å². The zero-order valence-corrected chi connectivity index (χ0v) is 12.9. The summed E-state index contributed by atoms with van der Waals surface area (Å²) in [5.41, 5.74) is 3.07. The van der Waals surface area contributed by atoms with Crippen molar-refractivity contribution >= 4 is 5.78 Å². The lowest BCUT2D eigenvalue weighted by Crippen LogP contribution is -2.22. The smallest absolute Gasteiger partial charge is 0.167 e. The average Bonchev–Trinajstić information content (AvgIpc) is 2.93. The normalized spacial score (nSPS) is 15.6. The lowest BCUT2D eigenvalue weighted by Gasteiger charge is -2.16. The molecule has 1 saturated heterocycles. The van der Waals surface area contributed by atoms with Crippen LogP contribution >= 0.6 is 0 Å². The Bertz CT molecular complexity index is 476. The van der Waals surface area contributed by atoms with E-state index in [4.69, 9.17) is 4.74 Å². The van der Waals surface area contributed by atoms with E-state index in [-0.39, 0.29) is 5.78 Å². The number of nitrogens with zero attached hydrogens (tertiary/aromatic N) is 1. The van der Waals surface area contributed by atoms with Gasteiger partial charge < -0.3 is 9.64 Å². The van der Waals surface area contributed by atoms with Crippen LogP contribution in [-0.2, 0) is 0 Å². The Morgan fingerprint density at radius 1 is 1.20 bits per heavy atom. The SMILES string of the molecule is CCOc1cc(C)c(C)cc1C(=O)CCN1CCCC1. The maximum atomic E-state index is 12.5. The standard InChI is InChI=1S/C17H25NO2/c1-4-20-17-12-14(3)13(2)11-15(17)16(19)7-10-18-8-5-6-9-18/h11-12H,4-10H2,1-3H3. The zero-order valence-electron chi connectivity index (χ0n) is 12.9. The van der Waals surface area contributed by atoms with E-state index < -0.39 is 0 Å². The van der Waals surface area contributed by atoms with Crippen LogP contribution in [0.2, 0.25) is 0 Å². The van der Waals surface area contributed by atoms with Crippen molar-refractivity contribution in [3.63, 3.8) is 0 Å². The summed E-state index contributed by atoms with van der Waals surface area (Å²) in [5, 5.41) is 0. The number of hydrogen-bond donors (Lipinski definition) is 0. The maximum Gasteiger partial charge on any atom is 0.167 e. The van der Waals surface area contributed by atoms with Crippen LogP contribution < -0.4 is 4.74 Å². The van der Waals surface area contributed by atoms with Crippen molar-refractivity contribution < 1.29 is 9.53 Å². The Labute approximate surface area is 121 Å². The van der Waals surface area contributed by atoms with Crippen LogP contribution in [0, 0.1) is 13.8 Å². The molecule has 1 heterocycles. The van der Waals surface area contributed by atoms with Crippen LogP contribution in [0.25, 0.3) is 0 Å². The molecule has 0 aromatic heterocycles. The number of likely N-dealkylation sites (tertiary alicyclic amines) is 1. The molecule has 0 atom stereocenters. The molecule has 1 fully saturated rings. The second-order valence-electron chi connectivity index (χ2n) is 5.59. The van der Waals surface area contributed by atoms with Crippen molar-refractivity contribution in [3.05, 3.63) is 28.8 Å². The summed E-state index contributed by atoms with van der Waals surface area (Å²) in [4.78, 5) is 14.8. The van der Waals surface area contributed by atoms with Crippen molar-refractivity contribution in [1.82, 2.24) is 4.90 Å². The molecule has 20 heavy (non-hydrogen) atoms. The van der Waals surface area contributed by atoms with Gasteiger partial charge in [0.15, 0.2) is 5.78 Å². The van der Waals surface area contributed by atoms with E-state index >= 15 is 0 Å². The molecule has 3 heteroatoms. The minimum atomic E-state index is 0.198. The number of ether oxygens (including phenoxy) is 1. The second-order valence-corrected chi connectivity index (χ2v) is 5.59. The van der Waals surface area contributed by atoms with Crippen LogP contribution in [0.4, 0.5) is 0 Å². The summed E-state index contributed by atoms with van der Waals surface area (Å²) in [6.45, 7) is 9.79. The summed E-state index contributed by atoms with van der Waals surface area (Å²) >= 11 is 0. The summed E-state index contributed by atoms with van der Waals surface area (Å²) in [6.07, 6.45) is 3.12. The minimum absolute atomic E-state index is 0.198. The molecule has 2 rings (SSSR count). The topological polar surface area (TPSA) is 29.5 Å². The van der Waals surface area contributed by atoms with Gasteiger partial charge in [0, 0.05) is 13.0 Å². The third-order valence-corrected chi connectivity index (χ3v) is 4.05. The zero-order chi connectivity index (χ0) is 14.5. The molecule has 1 aromatic rings. The Morgan fingerprint density at radius 3 is 2.50 bits per heavy atom. The first-order chi connectivity index (χ1) is 9.61. The van der Waals surface area contributed by atoms with E-state index in [0.29, 0.717) is 13.0 Å². The Morgan fingerprint density at radius 2 is 1.85 bits per heavy atom. The van der Waals surface area contributed by atoms with Gasteiger partial charge in [-0.15, -0.1) is 0 Å².